The Bertz CT molecular complexity index is 941. The standard InChI is InChI=1S/C18H21N7O3/c1-12-3-6-14(7-4-12)21-17(26)11-28-15-8-5-13(9-16(15)27-2)10-20-25-18(19)22-23-24-25/h3-9,20H,10-11H2,1-2H3,(H,21,26)(H2,19,22,24). The van der Waals surface area contributed by atoms with E-state index in [1.807, 2.05) is 37.3 Å². The molecule has 28 heavy (non-hydrogen) atoms. The molecule has 0 fully saturated rings. The number of aryl methyl sites for hydroxylation is 1. The fourth-order valence-corrected chi connectivity index (χ4v) is 2.39. The lowest BCUT2D eigenvalue weighted by molar-refractivity contribution is -0.118. The molecule has 0 unspecified atom stereocenters. The molecule has 0 aliphatic carbocycles. The Balaban J connectivity index is 1.56. The van der Waals surface area contributed by atoms with Crippen LogP contribution in [0.4, 0.5) is 11.6 Å². The first-order valence-electron chi connectivity index (χ1n) is 8.49. The van der Waals surface area contributed by atoms with Crippen LogP contribution in [0.15, 0.2) is 42.5 Å². The number of nitrogens with one attached hydrogen (secondary N) is 2. The van der Waals surface area contributed by atoms with Crippen molar-refractivity contribution in [3.05, 3.63) is 53.6 Å². The number of rotatable bonds is 8. The van der Waals surface area contributed by atoms with E-state index in [0.717, 1.165) is 16.8 Å². The monoisotopic (exact) mass is 383 g/mol. The highest BCUT2D eigenvalue weighted by molar-refractivity contribution is 5.91. The van der Waals surface area contributed by atoms with E-state index in [-0.39, 0.29) is 18.5 Å². The van der Waals surface area contributed by atoms with E-state index in [0.29, 0.717) is 18.0 Å². The van der Waals surface area contributed by atoms with E-state index in [1.54, 1.807) is 12.1 Å². The third-order valence-electron chi connectivity index (χ3n) is 3.85. The lowest BCUT2D eigenvalue weighted by Crippen LogP contribution is -2.20. The number of methoxy groups -OCH3 is 1. The SMILES string of the molecule is COc1cc(CNn2nnnc2N)ccc1OCC(=O)Nc1ccc(C)cc1. The van der Waals surface area contributed by atoms with Gasteiger partial charge in [0.05, 0.1) is 13.7 Å². The minimum atomic E-state index is -0.259. The highest BCUT2D eigenvalue weighted by atomic mass is 16.5. The summed E-state index contributed by atoms with van der Waals surface area (Å²) in [6.07, 6.45) is 0. The van der Waals surface area contributed by atoms with Gasteiger partial charge in [-0.1, -0.05) is 28.9 Å². The van der Waals surface area contributed by atoms with E-state index < -0.39 is 0 Å². The zero-order chi connectivity index (χ0) is 19.9. The lowest BCUT2D eigenvalue weighted by Gasteiger charge is -2.13. The van der Waals surface area contributed by atoms with Crippen LogP contribution in [0.3, 0.4) is 0 Å². The Labute approximate surface area is 161 Å². The maximum absolute atomic E-state index is 12.1. The number of nitrogens with two attached hydrogens (primary N) is 1. The topological polar surface area (TPSA) is 129 Å². The Kier molecular flexibility index (Phi) is 5.90. The molecule has 1 aromatic heterocycles. The summed E-state index contributed by atoms with van der Waals surface area (Å²) in [5.74, 6) is 0.872. The minimum absolute atomic E-state index is 0.136. The molecule has 0 aliphatic heterocycles. The van der Waals surface area contributed by atoms with Crippen LogP contribution in [-0.4, -0.2) is 39.9 Å². The number of hydrogen-bond acceptors (Lipinski definition) is 8. The summed E-state index contributed by atoms with van der Waals surface area (Å²) in [4.78, 5) is 13.4. The summed E-state index contributed by atoms with van der Waals surface area (Å²) in [5.41, 5.74) is 11.3. The predicted molar refractivity (Wildman–Crippen MR) is 104 cm³/mol. The molecule has 3 rings (SSSR count). The molecule has 4 N–H and O–H groups in total. The van der Waals surface area contributed by atoms with Crippen LogP contribution < -0.4 is 25.9 Å². The first-order chi connectivity index (χ1) is 13.5. The third-order valence-corrected chi connectivity index (χ3v) is 3.85. The molecule has 0 atom stereocenters. The number of nitrogens with zero attached hydrogens (tertiary/aromatic N) is 4. The van der Waals surface area contributed by atoms with Gasteiger partial charge in [0.25, 0.3) is 11.9 Å². The number of nitrogen functional groups attached to an aromatic ring is 1. The number of anilines is 2. The van der Waals surface area contributed by atoms with Crippen LogP contribution >= 0.6 is 0 Å². The van der Waals surface area contributed by atoms with Crippen LogP contribution in [0.1, 0.15) is 11.1 Å². The van der Waals surface area contributed by atoms with E-state index in [4.69, 9.17) is 15.2 Å². The lowest BCUT2D eigenvalue weighted by atomic mass is 10.2. The van der Waals surface area contributed by atoms with Gasteiger partial charge in [-0.05, 0) is 47.2 Å². The van der Waals surface area contributed by atoms with Gasteiger partial charge >= 0.3 is 0 Å². The number of benzene rings is 2. The number of carbonyl (C=O) groups excluding carboxylic acids is 1. The fourth-order valence-electron chi connectivity index (χ4n) is 2.39. The van der Waals surface area contributed by atoms with Crippen LogP contribution in [0.5, 0.6) is 11.5 Å². The van der Waals surface area contributed by atoms with Gasteiger partial charge in [0.2, 0.25) is 0 Å². The first kappa shape index (κ1) is 19.0. The van der Waals surface area contributed by atoms with Gasteiger partial charge in [-0.2, -0.15) is 0 Å². The second-order valence-electron chi connectivity index (χ2n) is 5.97. The van der Waals surface area contributed by atoms with Crippen molar-refractivity contribution in [1.29, 1.82) is 0 Å². The third kappa shape index (κ3) is 4.87. The smallest absolute Gasteiger partial charge is 0.262 e. The van der Waals surface area contributed by atoms with E-state index in [1.165, 1.54) is 11.9 Å². The van der Waals surface area contributed by atoms with Crippen molar-refractivity contribution in [3.63, 3.8) is 0 Å². The van der Waals surface area contributed by atoms with Crippen molar-refractivity contribution in [3.8, 4) is 11.5 Å². The predicted octanol–water partition coefficient (Wildman–Crippen LogP) is 1.33. The molecule has 0 radical (unpaired) electrons. The molecule has 10 heteroatoms. The highest BCUT2D eigenvalue weighted by Crippen LogP contribution is 2.28. The van der Waals surface area contributed by atoms with Crippen molar-refractivity contribution in [2.75, 3.05) is 30.2 Å². The molecular weight excluding hydrogens is 362 g/mol. The van der Waals surface area contributed by atoms with Gasteiger partial charge in [-0.3, -0.25) is 4.79 Å². The molecule has 1 heterocycles. The summed E-state index contributed by atoms with van der Waals surface area (Å²) >= 11 is 0. The molecule has 2 aromatic carbocycles. The fraction of sp³-hybridized carbons (Fsp3) is 0.222. The van der Waals surface area contributed by atoms with E-state index >= 15 is 0 Å². The maximum Gasteiger partial charge on any atom is 0.262 e. The molecule has 0 spiro atoms. The molecule has 0 saturated carbocycles. The summed E-state index contributed by atoms with van der Waals surface area (Å²) < 4.78 is 10.9. The number of amides is 1. The molecular formula is C18H21N7O3. The quantitative estimate of drug-likeness (QED) is 0.531. The van der Waals surface area contributed by atoms with Crippen molar-refractivity contribution in [2.24, 2.45) is 0 Å². The Hall–Kier alpha value is -3.82. The van der Waals surface area contributed by atoms with Gasteiger partial charge in [0.15, 0.2) is 18.1 Å². The van der Waals surface area contributed by atoms with Crippen molar-refractivity contribution < 1.29 is 14.3 Å². The average molecular weight is 383 g/mol. The number of aromatic nitrogens is 4. The van der Waals surface area contributed by atoms with E-state index in [9.17, 15) is 4.79 Å². The van der Waals surface area contributed by atoms with Crippen molar-refractivity contribution in [2.45, 2.75) is 13.5 Å². The normalized spacial score (nSPS) is 10.4. The number of carbonyl (C=O) groups is 1. The number of hydrogen-bond donors (Lipinski definition) is 3. The Morgan fingerprint density at radius 2 is 1.96 bits per heavy atom. The summed E-state index contributed by atoms with van der Waals surface area (Å²) in [6.45, 7) is 2.26. The summed E-state index contributed by atoms with van der Waals surface area (Å²) in [5, 5.41) is 13.5. The van der Waals surface area contributed by atoms with E-state index in [2.05, 4.69) is 26.3 Å². The molecule has 3 aromatic rings. The summed E-state index contributed by atoms with van der Waals surface area (Å²) in [7, 11) is 1.53. The molecule has 0 bridgehead atoms. The molecule has 1 amide bonds. The van der Waals surface area contributed by atoms with Gasteiger partial charge in [-0.15, -0.1) is 4.79 Å². The Morgan fingerprint density at radius 1 is 1.18 bits per heavy atom. The second-order valence-corrected chi connectivity index (χ2v) is 5.97. The van der Waals surface area contributed by atoms with Crippen LogP contribution in [0.2, 0.25) is 0 Å². The molecule has 0 saturated heterocycles. The second kappa shape index (κ2) is 8.71. The van der Waals surface area contributed by atoms with Crippen LogP contribution in [-0.2, 0) is 11.3 Å². The molecule has 146 valence electrons. The zero-order valence-corrected chi connectivity index (χ0v) is 15.5. The minimum Gasteiger partial charge on any atom is -0.493 e. The number of ether oxygens (including phenoxy) is 2. The van der Waals surface area contributed by atoms with Gasteiger partial charge < -0.3 is 25.9 Å². The van der Waals surface area contributed by atoms with Crippen LogP contribution in [0.25, 0.3) is 0 Å². The largest absolute Gasteiger partial charge is 0.493 e. The first-order valence-corrected chi connectivity index (χ1v) is 8.49. The van der Waals surface area contributed by atoms with Crippen molar-refractivity contribution >= 4 is 17.5 Å². The van der Waals surface area contributed by atoms with Crippen LogP contribution in [0, 0.1) is 6.92 Å². The zero-order valence-electron chi connectivity index (χ0n) is 15.5. The van der Waals surface area contributed by atoms with Crippen molar-refractivity contribution in [1.82, 2.24) is 20.3 Å². The van der Waals surface area contributed by atoms with Gasteiger partial charge in [0, 0.05) is 5.69 Å². The maximum atomic E-state index is 12.1. The van der Waals surface area contributed by atoms with Gasteiger partial charge in [0.1, 0.15) is 0 Å². The Morgan fingerprint density at radius 3 is 2.64 bits per heavy atom. The molecule has 10 nitrogen and oxygen atoms in total. The highest BCUT2D eigenvalue weighted by Gasteiger charge is 2.10. The number of tetrazole rings is 1. The average Bonchev–Trinajstić information content (AvgIpc) is 3.11. The van der Waals surface area contributed by atoms with Gasteiger partial charge in [-0.25, -0.2) is 0 Å². The molecule has 0 aliphatic rings. The summed E-state index contributed by atoms with van der Waals surface area (Å²) in [6, 6.07) is 12.9.